The Balaban J connectivity index is 1.56. The second kappa shape index (κ2) is 13.9. The summed E-state index contributed by atoms with van der Waals surface area (Å²) in [7, 11) is 0. The second-order valence-corrected chi connectivity index (χ2v) is 12.9. The summed E-state index contributed by atoms with van der Waals surface area (Å²) in [6.07, 6.45) is 1.65. The van der Waals surface area contributed by atoms with Gasteiger partial charge < -0.3 is 24.8 Å². The standard InChI is InChI=1S/C33H39ClN6O6/c1-33(2,3)46-32(45)37-40(20-21-8-7-9-22(18-21)29(42)39-16-12-35-13-17-39)30(43)26-27(31(44)38-14-5-4-6-15-38)36-25-19-23(34)10-11-24(25)28(26)41/h7-11,18-19,35H,4-6,12-17,20H2,1-3H3,(H,36,41)(H,37,45). The molecule has 46 heavy (non-hydrogen) atoms. The van der Waals surface area contributed by atoms with E-state index in [2.05, 4.69) is 15.7 Å². The number of carbonyl (C=O) groups is 4. The second-order valence-electron chi connectivity index (χ2n) is 12.5. The average Bonchev–Trinajstić information content (AvgIpc) is 3.03. The van der Waals surface area contributed by atoms with Crippen LogP contribution in [0.5, 0.6) is 0 Å². The lowest BCUT2D eigenvalue weighted by molar-refractivity contribution is 0.0280. The molecule has 4 amide bonds. The van der Waals surface area contributed by atoms with Gasteiger partial charge in [-0.2, -0.15) is 0 Å². The van der Waals surface area contributed by atoms with Gasteiger partial charge in [0.25, 0.3) is 17.7 Å². The lowest BCUT2D eigenvalue weighted by atomic mass is 10.0. The molecule has 0 saturated carbocycles. The van der Waals surface area contributed by atoms with Gasteiger partial charge in [0.15, 0.2) is 0 Å². The van der Waals surface area contributed by atoms with Crippen LogP contribution in [0.25, 0.3) is 10.9 Å². The zero-order chi connectivity index (χ0) is 33.0. The largest absolute Gasteiger partial charge is 0.443 e. The highest BCUT2D eigenvalue weighted by atomic mass is 35.5. The summed E-state index contributed by atoms with van der Waals surface area (Å²) in [4.78, 5) is 74.9. The third-order valence-electron chi connectivity index (χ3n) is 7.82. The van der Waals surface area contributed by atoms with E-state index in [9.17, 15) is 24.0 Å². The summed E-state index contributed by atoms with van der Waals surface area (Å²) in [5.41, 5.74) is 1.54. The Bertz CT molecular complexity index is 1700. The molecule has 5 rings (SSSR count). The first-order valence-corrected chi connectivity index (χ1v) is 15.8. The van der Waals surface area contributed by atoms with Crippen LogP contribution in [0.4, 0.5) is 4.79 Å². The van der Waals surface area contributed by atoms with Gasteiger partial charge in [0, 0.05) is 55.2 Å². The van der Waals surface area contributed by atoms with Gasteiger partial charge in [-0.1, -0.05) is 23.7 Å². The number of aromatic nitrogens is 1. The van der Waals surface area contributed by atoms with E-state index in [0.29, 0.717) is 60.9 Å². The fourth-order valence-corrected chi connectivity index (χ4v) is 5.80. The van der Waals surface area contributed by atoms with E-state index in [1.807, 2.05) is 0 Å². The number of piperidine rings is 1. The molecule has 1 aromatic heterocycles. The lowest BCUT2D eigenvalue weighted by Crippen LogP contribution is -2.49. The zero-order valence-electron chi connectivity index (χ0n) is 26.3. The number of ether oxygens (including phenoxy) is 1. The molecule has 0 atom stereocenters. The first kappa shape index (κ1) is 33.0. The van der Waals surface area contributed by atoms with Crippen molar-refractivity contribution in [1.82, 2.24) is 30.5 Å². The van der Waals surface area contributed by atoms with Crippen LogP contribution in [0, 0.1) is 0 Å². The van der Waals surface area contributed by atoms with Crippen molar-refractivity contribution >= 4 is 46.3 Å². The van der Waals surface area contributed by atoms with E-state index >= 15 is 0 Å². The van der Waals surface area contributed by atoms with Crippen LogP contribution < -0.4 is 16.2 Å². The molecule has 12 nitrogen and oxygen atoms in total. The maximum atomic E-state index is 14.4. The molecule has 13 heteroatoms. The number of hydrazine groups is 1. The van der Waals surface area contributed by atoms with Crippen molar-refractivity contribution < 1.29 is 23.9 Å². The number of nitrogens with zero attached hydrogens (tertiary/aromatic N) is 3. The van der Waals surface area contributed by atoms with Gasteiger partial charge in [-0.05, 0) is 75.9 Å². The SMILES string of the molecule is CC(C)(C)OC(=O)NN(Cc1cccc(C(=O)N2CCNCC2)c1)C(=O)c1c(C(=O)N2CCCCC2)[nH]c2cc(Cl)ccc2c1=O. The molecule has 0 unspecified atom stereocenters. The first-order valence-electron chi connectivity index (χ1n) is 15.5. The molecule has 3 aromatic rings. The number of hydrogen-bond donors (Lipinski definition) is 3. The van der Waals surface area contributed by atoms with Crippen LogP contribution >= 0.6 is 11.6 Å². The number of halogens is 1. The average molecular weight is 651 g/mol. The zero-order valence-corrected chi connectivity index (χ0v) is 27.0. The summed E-state index contributed by atoms with van der Waals surface area (Å²) >= 11 is 6.21. The molecule has 0 radical (unpaired) electrons. The van der Waals surface area contributed by atoms with Gasteiger partial charge in [0.1, 0.15) is 16.9 Å². The van der Waals surface area contributed by atoms with Crippen LogP contribution in [-0.2, 0) is 11.3 Å². The number of pyridine rings is 1. The number of benzene rings is 2. The van der Waals surface area contributed by atoms with Crippen LogP contribution in [-0.4, -0.2) is 88.5 Å². The number of H-pyrrole nitrogens is 1. The summed E-state index contributed by atoms with van der Waals surface area (Å²) in [5, 5.41) is 4.67. The minimum atomic E-state index is -0.929. The quantitative estimate of drug-likeness (QED) is 0.355. The fourth-order valence-electron chi connectivity index (χ4n) is 5.63. The van der Waals surface area contributed by atoms with Gasteiger partial charge in [0.2, 0.25) is 5.43 Å². The Hall–Kier alpha value is -4.42. The van der Waals surface area contributed by atoms with Crippen molar-refractivity contribution in [3.8, 4) is 0 Å². The van der Waals surface area contributed by atoms with Crippen molar-refractivity contribution in [2.45, 2.75) is 52.2 Å². The van der Waals surface area contributed by atoms with Crippen molar-refractivity contribution in [2.75, 3.05) is 39.3 Å². The van der Waals surface area contributed by atoms with Gasteiger partial charge in [-0.3, -0.25) is 19.2 Å². The molecule has 3 heterocycles. The molecule has 2 aliphatic rings. The van der Waals surface area contributed by atoms with E-state index in [4.69, 9.17) is 16.3 Å². The number of likely N-dealkylation sites (tertiary alicyclic amines) is 1. The van der Waals surface area contributed by atoms with Gasteiger partial charge in [-0.25, -0.2) is 15.2 Å². The van der Waals surface area contributed by atoms with E-state index in [0.717, 1.165) is 24.3 Å². The van der Waals surface area contributed by atoms with Crippen molar-refractivity contribution in [1.29, 1.82) is 0 Å². The summed E-state index contributed by atoms with van der Waals surface area (Å²) in [6.45, 7) is 8.30. The maximum absolute atomic E-state index is 14.4. The van der Waals surface area contributed by atoms with E-state index in [-0.39, 0.29) is 23.5 Å². The molecule has 2 fully saturated rings. The number of rotatable bonds is 5. The summed E-state index contributed by atoms with van der Waals surface area (Å²) in [5.74, 6) is -1.56. The third-order valence-corrected chi connectivity index (χ3v) is 8.06. The Morgan fingerprint density at radius 3 is 2.33 bits per heavy atom. The molecule has 2 saturated heterocycles. The van der Waals surface area contributed by atoms with Crippen molar-refractivity contribution in [3.63, 3.8) is 0 Å². The highest BCUT2D eigenvalue weighted by Gasteiger charge is 2.32. The molecule has 2 aromatic carbocycles. The van der Waals surface area contributed by atoms with E-state index in [1.54, 1.807) is 54.8 Å². The van der Waals surface area contributed by atoms with Gasteiger partial charge >= 0.3 is 6.09 Å². The summed E-state index contributed by atoms with van der Waals surface area (Å²) in [6, 6.07) is 11.3. The molecule has 0 aliphatic carbocycles. The predicted molar refractivity (Wildman–Crippen MR) is 174 cm³/mol. The van der Waals surface area contributed by atoms with Gasteiger partial charge in [0.05, 0.1) is 12.1 Å². The highest BCUT2D eigenvalue weighted by molar-refractivity contribution is 6.31. The Kier molecular flexibility index (Phi) is 9.97. The number of fused-ring (bicyclic) bond motifs is 1. The van der Waals surface area contributed by atoms with Crippen molar-refractivity contribution in [2.24, 2.45) is 0 Å². The number of piperazine rings is 1. The summed E-state index contributed by atoms with van der Waals surface area (Å²) < 4.78 is 5.43. The predicted octanol–water partition coefficient (Wildman–Crippen LogP) is 3.94. The molecule has 244 valence electrons. The molecule has 0 bridgehead atoms. The third kappa shape index (κ3) is 7.68. The molecule has 0 spiro atoms. The monoisotopic (exact) mass is 650 g/mol. The number of carbonyl (C=O) groups excluding carboxylic acids is 4. The Morgan fingerprint density at radius 1 is 0.935 bits per heavy atom. The van der Waals surface area contributed by atoms with Gasteiger partial charge in [-0.15, -0.1) is 0 Å². The van der Waals surface area contributed by atoms with E-state index < -0.39 is 34.5 Å². The maximum Gasteiger partial charge on any atom is 0.426 e. The van der Waals surface area contributed by atoms with Crippen LogP contribution in [0.1, 0.15) is 76.8 Å². The first-order chi connectivity index (χ1) is 21.9. The normalized spacial score (nSPS) is 15.4. The van der Waals surface area contributed by atoms with E-state index in [1.165, 1.54) is 18.2 Å². The number of hydrogen-bond acceptors (Lipinski definition) is 7. The Labute approximate surface area is 272 Å². The van der Waals surface area contributed by atoms with Crippen molar-refractivity contribution in [3.05, 3.63) is 80.1 Å². The highest BCUT2D eigenvalue weighted by Crippen LogP contribution is 2.22. The molecular formula is C33H39ClN6O6. The van der Waals surface area contributed by atoms with Crippen LogP contribution in [0.3, 0.4) is 0 Å². The number of aromatic amines is 1. The van der Waals surface area contributed by atoms with Crippen LogP contribution in [0.15, 0.2) is 47.3 Å². The molecule has 3 N–H and O–H groups in total. The number of amides is 4. The smallest absolute Gasteiger partial charge is 0.426 e. The molecule has 2 aliphatic heterocycles. The lowest BCUT2D eigenvalue weighted by Gasteiger charge is -2.29. The minimum Gasteiger partial charge on any atom is -0.443 e. The van der Waals surface area contributed by atoms with Crippen LogP contribution in [0.2, 0.25) is 5.02 Å². The minimum absolute atomic E-state index is 0.152. The fraction of sp³-hybridized carbons (Fsp3) is 0.424. The molecular weight excluding hydrogens is 612 g/mol. The Morgan fingerprint density at radius 2 is 1.63 bits per heavy atom. The topological polar surface area (TPSA) is 144 Å². The number of nitrogens with one attached hydrogen (secondary N) is 3.